The van der Waals surface area contributed by atoms with E-state index in [1.54, 1.807) is 4.57 Å². The summed E-state index contributed by atoms with van der Waals surface area (Å²) in [5.41, 5.74) is 3.37. The maximum Gasteiger partial charge on any atom is 0.274 e. The topological polar surface area (TPSA) is 91.4 Å². The number of nitrogens with zero attached hydrogens (tertiary/aromatic N) is 3. The van der Waals surface area contributed by atoms with Gasteiger partial charge in [0.25, 0.3) is 5.89 Å². The predicted octanol–water partition coefficient (Wildman–Crippen LogP) is 4.70. The van der Waals surface area contributed by atoms with Crippen LogP contribution in [-0.4, -0.2) is 27.4 Å². The Morgan fingerprint density at radius 2 is 1.97 bits per heavy atom. The third-order valence-electron chi connectivity index (χ3n) is 5.26. The van der Waals surface area contributed by atoms with E-state index in [0.29, 0.717) is 34.8 Å². The van der Waals surface area contributed by atoms with Gasteiger partial charge in [0.1, 0.15) is 12.2 Å². The minimum absolute atomic E-state index is 0.121. The molecule has 0 spiro atoms. The van der Waals surface area contributed by atoms with Crippen LogP contribution in [-0.2, 0) is 11.3 Å². The Hall–Kier alpha value is -4.07. The summed E-state index contributed by atoms with van der Waals surface area (Å²) in [5, 5.41) is 7.04. The largest absolute Gasteiger partial charge is 0.454 e. The molecule has 1 amide bonds. The van der Waals surface area contributed by atoms with E-state index < -0.39 is 0 Å². The second-order valence-corrected chi connectivity index (χ2v) is 7.84. The van der Waals surface area contributed by atoms with Gasteiger partial charge < -0.3 is 23.9 Å². The first-order valence-electron chi connectivity index (χ1n) is 10.4. The van der Waals surface area contributed by atoms with Gasteiger partial charge in [0.2, 0.25) is 18.5 Å². The van der Waals surface area contributed by atoms with Crippen LogP contribution in [0.1, 0.15) is 25.3 Å². The highest BCUT2D eigenvalue weighted by Crippen LogP contribution is 2.35. The molecule has 0 radical (unpaired) electrons. The highest BCUT2D eigenvalue weighted by Gasteiger charge is 2.19. The fourth-order valence-corrected chi connectivity index (χ4v) is 3.56. The number of amides is 1. The molecule has 3 heterocycles. The minimum atomic E-state index is -0.140. The molecule has 0 atom stereocenters. The number of carbonyl (C=O) groups is 1. The van der Waals surface area contributed by atoms with Gasteiger partial charge in [0.15, 0.2) is 11.5 Å². The lowest BCUT2D eigenvalue weighted by Crippen LogP contribution is -2.19. The van der Waals surface area contributed by atoms with Gasteiger partial charge in [0.05, 0.1) is 0 Å². The summed E-state index contributed by atoms with van der Waals surface area (Å²) in [4.78, 5) is 17.2. The smallest absolute Gasteiger partial charge is 0.274 e. The van der Waals surface area contributed by atoms with Crippen molar-refractivity contribution in [3.63, 3.8) is 0 Å². The Kier molecular flexibility index (Phi) is 5.10. The van der Waals surface area contributed by atoms with Crippen LogP contribution in [0.5, 0.6) is 11.5 Å². The SMILES string of the molecule is CC(C)c1cccc(NC(=O)Cn2cccc2-c2nc(-c3ccc4c(c3)OCO4)no2)c1. The van der Waals surface area contributed by atoms with Crippen LogP contribution in [0.4, 0.5) is 5.69 Å². The van der Waals surface area contributed by atoms with Crippen LogP contribution in [0, 0.1) is 0 Å². The van der Waals surface area contributed by atoms with Crippen LogP contribution >= 0.6 is 0 Å². The molecule has 0 fully saturated rings. The minimum Gasteiger partial charge on any atom is -0.454 e. The molecule has 4 aromatic rings. The number of hydrogen-bond donors (Lipinski definition) is 1. The number of aromatic nitrogens is 3. The summed E-state index contributed by atoms with van der Waals surface area (Å²) in [6, 6.07) is 17.0. The lowest BCUT2D eigenvalue weighted by Gasteiger charge is -2.11. The first-order valence-corrected chi connectivity index (χ1v) is 10.4. The van der Waals surface area contributed by atoms with Gasteiger partial charge in [-0.1, -0.05) is 31.1 Å². The second kappa shape index (κ2) is 8.22. The lowest BCUT2D eigenvalue weighted by molar-refractivity contribution is -0.116. The summed E-state index contributed by atoms with van der Waals surface area (Å²) in [7, 11) is 0. The lowest BCUT2D eigenvalue weighted by atomic mass is 10.0. The maximum absolute atomic E-state index is 12.7. The van der Waals surface area contributed by atoms with Gasteiger partial charge in [-0.05, 0) is 53.9 Å². The van der Waals surface area contributed by atoms with Gasteiger partial charge in [0, 0.05) is 17.4 Å². The van der Waals surface area contributed by atoms with Gasteiger partial charge in [-0.25, -0.2) is 0 Å². The van der Waals surface area contributed by atoms with E-state index in [1.807, 2.05) is 54.7 Å². The highest BCUT2D eigenvalue weighted by molar-refractivity contribution is 5.91. The summed E-state index contributed by atoms with van der Waals surface area (Å²) in [5.74, 6) is 2.35. The van der Waals surface area contributed by atoms with Crippen LogP contribution in [0.15, 0.2) is 65.3 Å². The quantitative estimate of drug-likeness (QED) is 0.477. The Labute approximate surface area is 184 Å². The average Bonchev–Trinajstić information content (AvgIpc) is 3.53. The number of nitrogens with one attached hydrogen (secondary N) is 1. The van der Waals surface area contributed by atoms with Crippen molar-refractivity contribution < 1.29 is 18.8 Å². The fourth-order valence-electron chi connectivity index (χ4n) is 3.56. The fraction of sp³-hybridized carbons (Fsp3) is 0.208. The molecule has 0 unspecified atom stereocenters. The van der Waals surface area contributed by atoms with Crippen LogP contribution in [0.3, 0.4) is 0 Å². The van der Waals surface area contributed by atoms with Crippen molar-refractivity contribution in [1.82, 2.24) is 14.7 Å². The summed E-state index contributed by atoms with van der Waals surface area (Å²) >= 11 is 0. The molecule has 0 saturated heterocycles. The number of ether oxygens (including phenoxy) is 2. The Morgan fingerprint density at radius 1 is 1.09 bits per heavy atom. The molecule has 1 N–H and O–H groups in total. The maximum atomic E-state index is 12.7. The molecule has 8 nitrogen and oxygen atoms in total. The van der Waals surface area contributed by atoms with Crippen molar-refractivity contribution >= 4 is 11.6 Å². The first kappa shape index (κ1) is 19.9. The van der Waals surface area contributed by atoms with Gasteiger partial charge in [-0.3, -0.25) is 4.79 Å². The molecule has 2 aromatic carbocycles. The molecule has 2 aromatic heterocycles. The Balaban J connectivity index is 1.32. The van der Waals surface area contributed by atoms with Crippen LogP contribution in [0.25, 0.3) is 23.0 Å². The van der Waals surface area contributed by atoms with E-state index in [4.69, 9.17) is 14.0 Å². The molecule has 1 aliphatic rings. The molecular weight excluding hydrogens is 408 g/mol. The molecule has 32 heavy (non-hydrogen) atoms. The highest BCUT2D eigenvalue weighted by atomic mass is 16.7. The van der Waals surface area contributed by atoms with E-state index in [0.717, 1.165) is 11.3 Å². The standard InChI is InChI=1S/C24H22N4O4/c1-15(2)16-5-3-6-18(11-16)25-22(29)13-28-10-4-7-19(28)24-26-23(27-32-24)17-8-9-20-21(12-17)31-14-30-20/h3-12,15H,13-14H2,1-2H3,(H,25,29). The zero-order valence-corrected chi connectivity index (χ0v) is 17.7. The van der Waals surface area contributed by atoms with Crippen molar-refractivity contribution in [3.05, 3.63) is 66.4 Å². The van der Waals surface area contributed by atoms with Gasteiger partial charge in [-0.15, -0.1) is 0 Å². The normalized spacial score (nSPS) is 12.3. The molecule has 0 aliphatic carbocycles. The summed E-state index contributed by atoms with van der Waals surface area (Å²) in [6.07, 6.45) is 1.81. The third kappa shape index (κ3) is 3.94. The van der Waals surface area contributed by atoms with Crippen molar-refractivity contribution in [3.8, 4) is 34.5 Å². The van der Waals surface area contributed by atoms with E-state index in [-0.39, 0.29) is 19.2 Å². The summed E-state index contributed by atoms with van der Waals surface area (Å²) in [6.45, 7) is 4.56. The monoisotopic (exact) mass is 430 g/mol. The van der Waals surface area contributed by atoms with Crippen molar-refractivity contribution in [2.24, 2.45) is 0 Å². The zero-order chi connectivity index (χ0) is 22.1. The zero-order valence-electron chi connectivity index (χ0n) is 17.7. The molecule has 5 rings (SSSR count). The molecule has 0 bridgehead atoms. The summed E-state index contributed by atoms with van der Waals surface area (Å²) < 4.78 is 18.0. The number of anilines is 1. The number of fused-ring (bicyclic) bond motifs is 1. The third-order valence-corrected chi connectivity index (χ3v) is 5.26. The van der Waals surface area contributed by atoms with Crippen molar-refractivity contribution in [2.75, 3.05) is 12.1 Å². The van der Waals surface area contributed by atoms with E-state index >= 15 is 0 Å². The van der Waals surface area contributed by atoms with E-state index in [2.05, 4.69) is 35.4 Å². The Bertz CT molecular complexity index is 1270. The van der Waals surface area contributed by atoms with Crippen molar-refractivity contribution in [1.29, 1.82) is 0 Å². The molecule has 162 valence electrons. The van der Waals surface area contributed by atoms with E-state index in [9.17, 15) is 4.79 Å². The Morgan fingerprint density at radius 3 is 2.84 bits per heavy atom. The molecule has 8 heteroatoms. The van der Waals surface area contributed by atoms with Crippen LogP contribution in [0.2, 0.25) is 0 Å². The van der Waals surface area contributed by atoms with E-state index in [1.165, 1.54) is 5.56 Å². The molecular formula is C24H22N4O4. The van der Waals surface area contributed by atoms with Crippen molar-refractivity contribution in [2.45, 2.75) is 26.3 Å². The van der Waals surface area contributed by atoms with Crippen LogP contribution < -0.4 is 14.8 Å². The first-order chi connectivity index (χ1) is 15.6. The number of hydrogen-bond acceptors (Lipinski definition) is 6. The number of benzene rings is 2. The molecule has 1 aliphatic heterocycles. The van der Waals surface area contributed by atoms with Gasteiger partial charge in [-0.2, -0.15) is 4.98 Å². The molecule has 0 saturated carbocycles. The van der Waals surface area contributed by atoms with Gasteiger partial charge >= 0.3 is 0 Å². The second-order valence-electron chi connectivity index (χ2n) is 7.84. The predicted molar refractivity (Wildman–Crippen MR) is 118 cm³/mol. The number of rotatable bonds is 6. The average molecular weight is 430 g/mol. The number of carbonyl (C=O) groups excluding carboxylic acids is 1.